The topological polar surface area (TPSA) is 60.8 Å². The molecule has 3 aromatic rings. The van der Waals surface area contributed by atoms with Crippen molar-refractivity contribution in [1.82, 2.24) is 8.87 Å². The molecule has 8 heteroatoms. The molecule has 1 atom stereocenters. The minimum Gasteiger partial charge on any atom is -0.486 e. The van der Waals surface area contributed by atoms with Crippen LogP contribution < -0.4 is 9.47 Å². The fourth-order valence-electron chi connectivity index (χ4n) is 3.92. The SMILES string of the molecule is O=S(=O)(c1ccc2c(c1)OCCO2)N1CCn2cccc2C1c1ccc(Br)cc1. The zero-order chi connectivity index (χ0) is 20.0. The smallest absolute Gasteiger partial charge is 0.244 e. The van der Waals surface area contributed by atoms with Gasteiger partial charge in [-0.25, -0.2) is 8.42 Å². The van der Waals surface area contributed by atoms with E-state index in [1.54, 1.807) is 22.5 Å². The van der Waals surface area contributed by atoms with Crippen LogP contribution in [0.25, 0.3) is 0 Å². The molecule has 2 aliphatic rings. The van der Waals surface area contributed by atoms with Crippen molar-refractivity contribution in [2.24, 2.45) is 0 Å². The van der Waals surface area contributed by atoms with Gasteiger partial charge in [0.2, 0.25) is 10.0 Å². The Balaban J connectivity index is 1.60. The molecule has 1 unspecified atom stereocenters. The second kappa shape index (κ2) is 7.19. The zero-order valence-electron chi connectivity index (χ0n) is 15.5. The van der Waals surface area contributed by atoms with E-state index in [9.17, 15) is 8.42 Å². The van der Waals surface area contributed by atoms with Crippen molar-refractivity contribution in [2.45, 2.75) is 17.5 Å². The Bertz CT molecular complexity index is 1160. The first-order chi connectivity index (χ1) is 14.0. The third-order valence-electron chi connectivity index (χ3n) is 5.30. The summed E-state index contributed by atoms with van der Waals surface area (Å²) in [5, 5.41) is 0. The third-order valence-corrected chi connectivity index (χ3v) is 7.69. The van der Waals surface area contributed by atoms with Gasteiger partial charge in [-0.1, -0.05) is 28.1 Å². The lowest BCUT2D eigenvalue weighted by molar-refractivity contribution is 0.171. The van der Waals surface area contributed by atoms with Crippen molar-refractivity contribution in [1.29, 1.82) is 0 Å². The van der Waals surface area contributed by atoms with Gasteiger partial charge in [0.05, 0.1) is 10.9 Å². The third kappa shape index (κ3) is 3.25. The molecule has 2 aliphatic heterocycles. The van der Waals surface area contributed by atoms with E-state index in [1.165, 1.54) is 0 Å². The molecule has 0 fully saturated rings. The summed E-state index contributed by atoms with van der Waals surface area (Å²) in [6, 6.07) is 16.2. The van der Waals surface area contributed by atoms with Crippen LogP contribution in [0.1, 0.15) is 17.3 Å². The summed E-state index contributed by atoms with van der Waals surface area (Å²) in [5.74, 6) is 1.05. The van der Waals surface area contributed by atoms with Crippen LogP contribution in [0, 0.1) is 0 Å². The number of hydrogen-bond donors (Lipinski definition) is 0. The first-order valence-electron chi connectivity index (χ1n) is 9.36. The van der Waals surface area contributed by atoms with Crippen LogP contribution in [-0.4, -0.2) is 37.0 Å². The van der Waals surface area contributed by atoms with Crippen LogP contribution in [0.5, 0.6) is 11.5 Å². The predicted molar refractivity (Wildman–Crippen MR) is 112 cm³/mol. The Morgan fingerprint density at radius 1 is 0.931 bits per heavy atom. The molecule has 0 saturated carbocycles. The Hall–Kier alpha value is -2.29. The molecule has 0 saturated heterocycles. The average Bonchev–Trinajstić information content (AvgIpc) is 3.22. The van der Waals surface area contributed by atoms with E-state index < -0.39 is 16.1 Å². The van der Waals surface area contributed by atoms with Gasteiger partial charge in [-0.2, -0.15) is 4.31 Å². The number of benzene rings is 2. The van der Waals surface area contributed by atoms with Crippen molar-refractivity contribution in [3.05, 3.63) is 76.5 Å². The molecule has 0 bridgehead atoms. The Kier molecular flexibility index (Phi) is 4.64. The van der Waals surface area contributed by atoms with E-state index >= 15 is 0 Å². The van der Waals surface area contributed by atoms with Gasteiger partial charge in [0.1, 0.15) is 13.2 Å². The molecular weight excluding hydrogens is 456 g/mol. The maximum absolute atomic E-state index is 13.7. The van der Waals surface area contributed by atoms with Crippen molar-refractivity contribution >= 4 is 26.0 Å². The maximum Gasteiger partial charge on any atom is 0.244 e. The van der Waals surface area contributed by atoms with E-state index in [2.05, 4.69) is 20.5 Å². The van der Waals surface area contributed by atoms with E-state index in [-0.39, 0.29) is 4.90 Å². The van der Waals surface area contributed by atoms with Gasteiger partial charge in [-0.15, -0.1) is 0 Å². The predicted octanol–water partition coefficient (Wildman–Crippen LogP) is 3.82. The summed E-state index contributed by atoms with van der Waals surface area (Å²) in [7, 11) is -3.75. The number of fused-ring (bicyclic) bond motifs is 2. The first-order valence-corrected chi connectivity index (χ1v) is 11.6. The van der Waals surface area contributed by atoms with Crippen LogP contribution in [0.2, 0.25) is 0 Å². The van der Waals surface area contributed by atoms with Crippen molar-refractivity contribution in [3.63, 3.8) is 0 Å². The van der Waals surface area contributed by atoms with Gasteiger partial charge in [0, 0.05) is 35.5 Å². The number of halogens is 1. The normalized spacial score (nSPS) is 19.0. The van der Waals surface area contributed by atoms with Gasteiger partial charge in [0.15, 0.2) is 11.5 Å². The molecule has 3 heterocycles. The number of aromatic nitrogens is 1. The summed E-state index contributed by atoms with van der Waals surface area (Å²) in [4.78, 5) is 0.212. The van der Waals surface area contributed by atoms with E-state index in [1.807, 2.05) is 42.6 Å². The summed E-state index contributed by atoms with van der Waals surface area (Å²) in [6.45, 7) is 1.88. The summed E-state index contributed by atoms with van der Waals surface area (Å²) in [5.41, 5.74) is 1.88. The molecule has 0 amide bonds. The maximum atomic E-state index is 13.7. The molecule has 150 valence electrons. The number of ether oxygens (including phenoxy) is 2. The van der Waals surface area contributed by atoms with Crippen LogP contribution in [0.4, 0.5) is 0 Å². The Morgan fingerprint density at radius 3 is 2.48 bits per heavy atom. The molecular formula is C21H19BrN2O4S. The molecule has 1 aromatic heterocycles. The highest BCUT2D eigenvalue weighted by Gasteiger charge is 2.38. The first kappa shape index (κ1) is 18.7. The van der Waals surface area contributed by atoms with Crippen LogP contribution in [0.15, 0.2) is 70.2 Å². The van der Waals surface area contributed by atoms with Crippen molar-refractivity contribution < 1.29 is 17.9 Å². The van der Waals surface area contributed by atoms with Crippen molar-refractivity contribution in [2.75, 3.05) is 19.8 Å². The largest absolute Gasteiger partial charge is 0.486 e. The summed E-state index contributed by atoms with van der Waals surface area (Å²) >= 11 is 3.46. The Labute approximate surface area is 177 Å². The molecule has 29 heavy (non-hydrogen) atoms. The lowest BCUT2D eigenvalue weighted by atomic mass is 10.0. The van der Waals surface area contributed by atoms with Gasteiger partial charge in [-0.05, 0) is 42.0 Å². The minimum absolute atomic E-state index is 0.212. The van der Waals surface area contributed by atoms with Crippen LogP contribution >= 0.6 is 15.9 Å². The molecule has 0 spiro atoms. The number of hydrogen-bond acceptors (Lipinski definition) is 4. The molecule has 2 aromatic carbocycles. The van der Waals surface area contributed by atoms with E-state index in [0.29, 0.717) is 37.8 Å². The molecule has 6 nitrogen and oxygen atoms in total. The standard InChI is InChI=1S/C21H19BrN2O4S/c22-16-5-3-15(4-6-16)21-18-2-1-9-23(18)10-11-24(21)29(25,26)17-7-8-19-20(14-17)28-13-12-27-19/h1-9,14,21H,10-13H2. The highest BCUT2D eigenvalue weighted by Crippen LogP contribution is 2.39. The highest BCUT2D eigenvalue weighted by molar-refractivity contribution is 9.10. The lowest BCUT2D eigenvalue weighted by Gasteiger charge is -2.36. The molecule has 0 N–H and O–H groups in total. The fraction of sp³-hybridized carbons (Fsp3) is 0.238. The van der Waals surface area contributed by atoms with Crippen LogP contribution in [0.3, 0.4) is 0 Å². The number of nitrogens with zero attached hydrogens (tertiary/aromatic N) is 2. The van der Waals surface area contributed by atoms with Gasteiger partial charge in [0.25, 0.3) is 0 Å². The van der Waals surface area contributed by atoms with E-state index in [0.717, 1.165) is 15.7 Å². The van der Waals surface area contributed by atoms with Gasteiger partial charge in [-0.3, -0.25) is 0 Å². The van der Waals surface area contributed by atoms with Gasteiger partial charge >= 0.3 is 0 Å². The number of sulfonamides is 1. The highest BCUT2D eigenvalue weighted by atomic mass is 79.9. The molecule has 0 aliphatic carbocycles. The lowest BCUT2D eigenvalue weighted by Crippen LogP contribution is -2.42. The zero-order valence-corrected chi connectivity index (χ0v) is 17.9. The van der Waals surface area contributed by atoms with Crippen molar-refractivity contribution in [3.8, 4) is 11.5 Å². The van der Waals surface area contributed by atoms with Gasteiger partial charge < -0.3 is 14.0 Å². The van der Waals surface area contributed by atoms with E-state index in [4.69, 9.17) is 9.47 Å². The monoisotopic (exact) mass is 474 g/mol. The second-order valence-electron chi connectivity index (χ2n) is 7.00. The fourth-order valence-corrected chi connectivity index (χ4v) is 5.78. The van der Waals surface area contributed by atoms with Crippen LogP contribution in [-0.2, 0) is 16.6 Å². The summed E-state index contributed by atoms with van der Waals surface area (Å²) < 4.78 is 43.1. The minimum atomic E-state index is -3.75. The second-order valence-corrected chi connectivity index (χ2v) is 9.81. The Morgan fingerprint density at radius 2 is 1.69 bits per heavy atom. The quantitative estimate of drug-likeness (QED) is 0.578. The molecule has 5 rings (SSSR count). The summed E-state index contributed by atoms with van der Waals surface area (Å²) in [6.07, 6.45) is 2.00. The number of rotatable bonds is 3. The average molecular weight is 475 g/mol. The molecule has 0 radical (unpaired) electrons.